The number of halogens is 3. The van der Waals surface area contributed by atoms with Crippen LogP contribution in [-0.4, -0.2) is 42.3 Å². The third kappa shape index (κ3) is 3.01. The minimum Gasteiger partial charge on any atom is -0.464 e. The highest BCUT2D eigenvalue weighted by molar-refractivity contribution is 14.1. The molecule has 1 heterocycles. The lowest BCUT2D eigenvalue weighted by molar-refractivity contribution is -0.161. The Hall–Kier alpha value is -1.84. The van der Waals surface area contributed by atoms with Gasteiger partial charge in [0.15, 0.2) is 0 Å². The fraction of sp³-hybridized carbons (Fsp3) is 0.214. The van der Waals surface area contributed by atoms with Gasteiger partial charge < -0.3 is 4.74 Å². The van der Waals surface area contributed by atoms with Gasteiger partial charge in [0.1, 0.15) is 0 Å². The molecule has 1 aliphatic rings. The largest absolute Gasteiger partial charge is 0.464 e. The minimum atomic E-state index is -3.82. The van der Waals surface area contributed by atoms with Gasteiger partial charge in [-0.15, -0.1) is 0 Å². The van der Waals surface area contributed by atoms with Crippen molar-refractivity contribution in [1.82, 2.24) is 4.90 Å². The first kappa shape index (κ1) is 16.5. The molecule has 0 saturated heterocycles. The molecule has 116 valence electrons. The van der Waals surface area contributed by atoms with E-state index in [1.54, 1.807) is 34.7 Å². The summed E-state index contributed by atoms with van der Waals surface area (Å²) in [6.07, 6.45) is 0.378. The van der Waals surface area contributed by atoms with E-state index in [1.807, 2.05) is 0 Å². The standard InChI is InChI=1S/C14H10F2INO4/c1-22-13(21)14(15,16)6-8(17)7-18-11(19)9-4-2-3-5-10(9)12(18)20/h2-6H,7H2,1H3. The number of benzene rings is 1. The summed E-state index contributed by atoms with van der Waals surface area (Å²) in [5, 5.41) is 0. The summed E-state index contributed by atoms with van der Waals surface area (Å²) in [4.78, 5) is 36.0. The van der Waals surface area contributed by atoms with Crippen LogP contribution in [0.25, 0.3) is 0 Å². The van der Waals surface area contributed by atoms with Gasteiger partial charge >= 0.3 is 11.9 Å². The molecule has 1 aromatic rings. The smallest absolute Gasteiger partial charge is 0.381 e. The van der Waals surface area contributed by atoms with E-state index < -0.39 is 23.7 Å². The minimum absolute atomic E-state index is 0.0255. The van der Waals surface area contributed by atoms with E-state index >= 15 is 0 Å². The first-order valence-corrected chi connectivity index (χ1v) is 7.14. The van der Waals surface area contributed by atoms with Gasteiger partial charge in [0.05, 0.1) is 24.8 Å². The summed E-state index contributed by atoms with van der Waals surface area (Å²) in [6, 6.07) is 6.21. The Morgan fingerprint density at radius 2 is 1.77 bits per heavy atom. The molecular weight excluding hydrogens is 411 g/mol. The topological polar surface area (TPSA) is 63.7 Å². The van der Waals surface area contributed by atoms with Gasteiger partial charge in [0.2, 0.25) is 0 Å². The summed E-state index contributed by atoms with van der Waals surface area (Å²) in [5.74, 6) is -6.62. The maximum Gasteiger partial charge on any atom is 0.381 e. The van der Waals surface area contributed by atoms with Crippen LogP contribution in [0.2, 0.25) is 0 Å². The lowest BCUT2D eigenvalue weighted by atomic mass is 10.1. The van der Waals surface area contributed by atoms with Crippen molar-refractivity contribution in [2.45, 2.75) is 5.92 Å². The highest BCUT2D eigenvalue weighted by Crippen LogP contribution is 2.27. The number of carbonyl (C=O) groups is 3. The average Bonchev–Trinajstić information content (AvgIpc) is 2.71. The first-order valence-electron chi connectivity index (χ1n) is 6.06. The quantitative estimate of drug-likeness (QED) is 0.426. The van der Waals surface area contributed by atoms with Crippen molar-refractivity contribution in [3.05, 3.63) is 45.0 Å². The molecule has 0 saturated carbocycles. The molecule has 2 amide bonds. The highest BCUT2D eigenvalue weighted by atomic mass is 127. The molecule has 0 aliphatic carbocycles. The van der Waals surface area contributed by atoms with Crippen LogP contribution in [0.1, 0.15) is 20.7 Å². The van der Waals surface area contributed by atoms with Crippen LogP contribution in [0.5, 0.6) is 0 Å². The van der Waals surface area contributed by atoms with Crippen molar-refractivity contribution in [3.63, 3.8) is 0 Å². The summed E-state index contributed by atoms with van der Waals surface area (Å²) in [6.45, 7) is -0.334. The van der Waals surface area contributed by atoms with Gasteiger partial charge in [-0.3, -0.25) is 14.5 Å². The Morgan fingerprint density at radius 3 is 2.23 bits per heavy atom. The Bertz CT molecular complexity index is 652. The number of ether oxygens (including phenoxy) is 1. The second-order valence-electron chi connectivity index (χ2n) is 4.45. The molecule has 0 fully saturated rings. The average molecular weight is 421 g/mol. The van der Waals surface area contributed by atoms with Crippen LogP contribution in [0.4, 0.5) is 8.78 Å². The number of carbonyl (C=O) groups excluding carboxylic acids is 3. The first-order chi connectivity index (χ1) is 10.3. The molecule has 1 aliphatic heterocycles. The highest BCUT2D eigenvalue weighted by Gasteiger charge is 2.39. The fourth-order valence-electron chi connectivity index (χ4n) is 1.97. The second kappa shape index (κ2) is 6.11. The van der Waals surface area contributed by atoms with E-state index in [-0.39, 0.29) is 21.3 Å². The third-order valence-corrected chi connectivity index (χ3v) is 3.64. The molecule has 0 N–H and O–H groups in total. The van der Waals surface area contributed by atoms with Gasteiger partial charge in [0, 0.05) is 9.66 Å². The molecular formula is C14H10F2INO4. The van der Waals surface area contributed by atoms with Crippen molar-refractivity contribution in [2.75, 3.05) is 13.7 Å². The zero-order chi connectivity index (χ0) is 16.5. The van der Waals surface area contributed by atoms with Gasteiger partial charge in [-0.2, -0.15) is 8.78 Å². The number of rotatable bonds is 4. The van der Waals surface area contributed by atoms with Gasteiger partial charge in [-0.25, -0.2) is 4.79 Å². The predicted octanol–water partition coefficient (Wildman–Crippen LogP) is 2.41. The van der Waals surface area contributed by atoms with Crippen LogP contribution in [0, 0.1) is 0 Å². The summed E-state index contributed by atoms with van der Waals surface area (Å²) in [7, 11) is 0.848. The Morgan fingerprint density at radius 1 is 1.27 bits per heavy atom. The molecule has 22 heavy (non-hydrogen) atoms. The lowest BCUT2D eigenvalue weighted by Gasteiger charge is -2.15. The normalized spacial score (nSPS) is 15.1. The predicted molar refractivity (Wildman–Crippen MR) is 80.9 cm³/mol. The van der Waals surface area contributed by atoms with Crippen molar-refractivity contribution >= 4 is 40.4 Å². The lowest BCUT2D eigenvalue weighted by Crippen LogP contribution is -2.32. The van der Waals surface area contributed by atoms with Gasteiger partial charge in [-0.05, 0) is 34.7 Å². The van der Waals surface area contributed by atoms with E-state index in [1.165, 1.54) is 12.1 Å². The number of fused-ring (bicyclic) bond motifs is 1. The van der Waals surface area contributed by atoms with Crippen LogP contribution in [0.3, 0.4) is 0 Å². The van der Waals surface area contributed by atoms with E-state index in [9.17, 15) is 23.2 Å². The number of nitrogens with zero attached hydrogens (tertiary/aromatic N) is 1. The van der Waals surface area contributed by atoms with Crippen LogP contribution < -0.4 is 0 Å². The van der Waals surface area contributed by atoms with Gasteiger partial charge in [0.25, 0.3) is 11.8 Å². The number of hydrogen-bond acceptors (Lipinski definition) is 4. The molecule has 5 nitrogen and oxygen atoms in total. The van der Waals surface area contributed by atoms with Crippen molar-refractivity contribution in [1.29, 1.82) is 0 Å². The number of amides is 2. The molecule has 0 spiro atoms. The third-order valence-electron chi connectivity index (χ3n) is 2.98. The number of imide groups is 1. The summed E-state index contributed by atoms with van der Waals surface area (Å²) in [5.41, 5.74) is 0.466. The SMILES string of the molecule is COC(=O)C(F)(F)C=C(I)CN1C(=O)c2ccccc2C1=O. The molecule has 0 radical (unpaired) electrons. The van der Waals surface area contributed by atoms with Crippen LogP contribution >= 0.6 is 22.6 Å². The number of hydrogen-bond donors (Lipinski definition) is 0. The van der Waals surface area contributed by atoms with Crippen molar-refractivity contribution in [3.8, 4) is 0 Å². The molecule has 2 rings (SSSR count). The van der Waals surface area contributed by atoms with Crippen LogP contribution in [-0.2, 0) is 9.53 Å². The van der Waals surface area contributed by atoms with Crippen molar-refractivity contribution < 1.29 is 27.9 Å². The van der Waals surface area contributed by atoms with E-state index in [0.717, 1.165) is 12.0 Å². The zero-order valence-electron chi connectivity index (χ0n) is 11.3. The monoisotopic (exact) mass is 421 g/mol. The summed E-state index contributed by atoms with van der Waals surface area (Å²) >= 11 is 1.55. The molecule has 0 aromatic heterocycles. The Kier molecular flexibility index (Phi) is 4.59. The van der Waals surface area contributed by atoms with E-state index in [0.29, 0.717) is 6.08 Å². The van der Waals surface area contributed by atoms with E-state index in [2.05, 4.69) is 4.74 Å². The fourth-order valence-corrected chi connectivity index (χ4v) is 2.70. The maximum atomic E-state index is 13.5. The number of alkyl halides is 2. The molecule has 0 bridgehead atoms. The molecule has 1 aromatic carbocycles. The van der Waals surface area contributed by atoms with Crippen LogP contribution in [0.15, 0.2) is 33.9 Å². The van der Waals surface area contributed by atoms with Gasteiger partial charge in [-0.1, -0.05) is 12.1 Å². The molecule has 8 heteroatoms. The zero-order valence-corrected chi connectivity index (χ0v) is 13.5. The molecule has 0 unspecified atom stereocenters. The maximum absolute atomic E-state index is 13.5. The van der Waals surface area contributed by atoms with Crippen molar-refractivity contribution in [2.24, 2.45) is 0 Å². The summed E-state index contributed by atoms with van der Waals surface area (Å²) < 4.78 is 30.9. The second-order valence-corrected chi connectivity index (χ2v) is 5.83. The van der Waals surface area contributed by atoms with E-state index in [4.69, 9.17) is 0 Å². The molecule has 0 atom stereocenters. The Balaban J connectivity index is 2.21. The number of methoxy groups -OCH3 is 1. The Labute approximate surface area is 138 Å². The number of esters is 1.